The summed E-state index contributed by atoms with van der Waals surface area (Å²) >= 11 is 0. The van der Waals surface area contributed by atoms with Crippen LogP contribution in [0.2, 0.25) is 0 Å². The van der Waals surface area contributed by atoms with E-state index in [2.05, 4.69) is 40.8 Å². The fourth-order valence-corrected chi connectivity index (χ4v) is 2.99. The predicted molar refractivity (Wildman–Crippen MR) is 92.2 cm³/mol. The molecule has 1 unspecified atom stereocenters. The Balaban J connectivity index is 1.53. The van der Waals surface area contributed by atoms with Crippen LogP contribution in [0, 0.1) is 16.7 Å². The SMILES string of the molecule is COCCCCCCc1cccc(C2N=C(C3(C#N)CC3)ON2)c1. The van der Waals surface area contributed by atoms with Gasteiger partial charge in [-0.15, -0.1) is 5.48 Å². The molecule has 128 valence electrons. The van der Waals surface area contributed by atoms with Gasteiger partial charge in [-0.25, -0.2) is 4.99 Å². The van der Waals surface area contributed by atoms with Gasteiger partial charge in [-0.1, -0.05) is 37.1 Å². The summed E-state index contributed by atoms with van der Waals surface area (Å²) in [4.78, 5) is 10.1. The van der Waals surface area contributed by atoms with Crippen LogP contribution in [0.3, 0.4) is 0 Å². The number of unbranched alkanes of at least 4 members (excludes halogenated alkanes) is 3. The molecule has 0 spiro atoms. The summed E-state index contributed by atoms with van der Waals surface area (Å²) < 4.78 is 5.07. The van der Waals surface area contributed by atoms with Crippen LogP contribution in [0.25, 0.3) is 0 Å². The second-order valence-electron chi connectivity index (χ2n) is 6.65. The molecule has 1 heterocycles. The molecule has 0 aromatic heterocycles. The van der Waals surface area contributed by atoms with Gasteiger partial charge >= 0.3 is 0 Å². The molecule has 1 N–H and O–H groups in total. The molecule has 1 aromatic rings. The van der Waals surface area contributed by atoms with Crippen molar-refractivity contribution < 1.29 is 9.57 Å². The molecule has 24 heavy (non-hydrogen) atoms. The van der Waals surface area contributed by atoms with Crippen molar-refractivity contribution in [3.63, 3.8) is 0 Å². The van der Waals surface area contributed by atoms with Crippen LogP contribution in [0.1, 0.15) is 55.8 Å². The van der Waals surface area contributed by atoms with Crippen LogP contribution in [-0.4, -0.2) is 19.6 Å². The van der Waals surface area contributed by atoms with E-state index in [0.29, 0.717) is 5.90 Å². The average molecular weight is 327 g/mol. The Kier molecular flexibility index (Phi) is 5.49. The zero-order valence-electron chi connectivity index (χ0n) is 14.3. The first-order chi connectivity index (χ1) is 11.8. The van der Waals surface area contributed by atoms with Crippen molar-refractivity contribution in [3.05, 3.63) is 35.4 Å². The summed E-state index contributed by atoms with van der Waals surface area (Å²) in [6.45, 7) is 0.855. The van der Waals surface area contributed by atoms with Crippen molar-refractivity contribution >= 4 is 5.90 Å². The quantitative estimate of drug-likeness (QED) is 0.703. The third kappa shape index (κ3) is 3.95. The molecule has 0 amide bonds. The van der Waals surface area contributed by atoms with E-state index >= 15 is 0 Å². The third-order valence-corrected chi connectivity index (χ3v) is 4.72. The molecular formula is C19H25N3O2. The topological polar surface area (TPSA) is 66.6 Å². The van der Waals surface area contributed by atoms with Gasteiger partial charge < -0.3 is 9.57 Å². The van der Waals surface area contributed by atoms with E-state index in [1.807, 2.05) is 0 Å². The number of nitriles is 1. The van der Waals surface area contributed by atoms with Crippen molar-refractivity contribution in [3.8, 4) is 6.07 Å². The Hall–Kier alpha value is -1.90. The van der Waals surface area contributed by atoms with Gasteiger partial charge in [-0.05, 0) is 43.2 Å². The lowest BCUT2D eigenvalue weighted by Gasteiger charge is -2.09. The lowest BCUT2D eigenvalue weighted by Crippen LogP contribution is -2.19. The molecule has 1 aliphatic heterocycles. The fraction of sp³-hybridized carbons (Fsp3) is 0.579. The molecule has 1 aliphatic carbocycles. The molecule has 5 heteroatoms. The van der Waals surface area contributed by atoms with Crippen molar-refractivity contribution in [2.24, 2.45) is 10.4 Å². The molecule has 1 aromatic carbocycles. The van der Waals surface area contributed by atoms with Gasteiger partial charge in [0.15, 0.2) is 6.17 Å². The zero-order valence-corrected chi connectivity index (χ0v) is 14.3. The third-order valence-electron chi connectivity index (χ3n) is 4.72. The van der Waals surface area contributed by atoms with Gasteiger partial charge in [0, 0.05) is 13.7 Å². The van der Waals surface area contributed by atoms with E-state index in [1.165, 1.54) is 24.8 Å². The van der Waals surface area contributed by atoms with Gasteiger partial charge in [0.2, 0.25) is 5.90 Å². The van der Waals surface area contributed by atoms with Crippen molar-refractivity contribution in [2.75, 3.05) is 13.7 Å². The zero-order chi connectivity index (χ0) is 16.8. The summed E-state index contributed by atoms with van der Waals surface area (Å²) in [5, 5.41) is 9.25. The maximum absolute atomic E-state index is 9.25. The first-order valence-corrected chi connectivity index (χ1v) is 8.77. The first kappa shape index (κ1) is 16.9. The van der Waals surface area contributed by atoms with E-state index in [1.54, 1.807) is 7.11 Å². The minimum Gasteiger partial charge on any atom is -0.389 e. The number of hydroxylamine groups is 1. The smallest absolute Gasteiger partial charge is 0.231 e. The number of ether oxygens (including phenoxy) is 1. The molecule has 0 radical (unpaired) electrons. The van der Waals surface area contributed by atoms with Gasteiger partial charge in [0.1, 0.15) is 5.41 Å². The highest BCUT2D eigenvalue weighted by Crippen LogP contribution is 2.48. The molecule has 5 nitrogen and oxygen atoms in total. The number of hydrogen-bond acceptors (Lipinski definition) is 5. The number of nitrogens with zero attached hydrogens (tertiary/aromatic N) is 2. The summed E-state index contributed by atoms with van der Waals surface area (Å²) in [5.41, 5.74) is 4.90. The van der Waals surface area contributed by atoms with Crippen LogP contribution in [0.5, 0.6) is 0 Å². The van der Waals surface area contributed by atoms with E-state index in [0.717, 1.165) is 37.9 Å². The van der Waals surface area contributed by atoms with Gasteiger partial charge in [-0.3, -0.25) is 0 Å². The number of nitrogens with one attached hydrogen (secondary N) is 1. The molecule has 1 saturated carbocycles. The summed E-state index contributed by atoms with van der Waals surface area (Å²) in [6.07, 6.45) is 7.34. The number of hydrogen-bond donors (Lipinski definition) is 1. The van der Waals surface area contributed by atoms with Crippen LogP contribution in [-0.2, 0) is 16.0 Å². The highest BCUT2D eigenvalue weighted by Gasteiger charge is 2.52. The lowest BCUT2D eigenvalue weighted by molar-refractivity contribution is 0.170. The molecule has 0 bridgehead atoms. The Bertz CT molecular complexity index is 632. The molecule has 0 saturated heterocycles. The Morgan fingerprint density at radius 3 is 2.92 bits per heavy atom. The number of aliphatic imine (C=N–C) groups is 1. The maximum atomic E-state index is 9.25. The standard InChI is InChI=1S/C19H25N3O2/c1-23-12-5-3-2-4-7-15-8-6-9-16(13-15)17-21-18(24-22-17)19(14-20)10-11-19/h6,8-9,13,17,22H,2-5,7,10-12H2,1H3. The molecule has 3 rings (SSSR count). The second-order valence-corrected chi connectivity index (χ2v) is 6.65. The monoisotopic (exact) mass is 327 g/mol. The minimum atomic E-state index is -0.471. The van der Waals surface area contributed by atoms with Gasteiger partial charge in [0.25, 0.3) is 0 Å². The summed E-state index contributed by atoms with van der Waals surface area (Å²) in [5.74, 6) is 0.554. The second kappa shape index (κ2) is 7.78. The minimum absolute atomic E-state index is 0.201. The summed E-state index contributed by atoms with van der Waals surface area (Å²) in [6, 6.07) is 10.8. The molecule has 1 fully saturated rings. The number of rotatable bonds is 9. The van der Waals surface area contributed by atoms with E-state index < -0.39 is 5.41 Å². The van der Waals surface area contributed by atoms with E-state index in [4.69, 9.17) is 9.57 Å². The van der Waals surface area contributed by atoms with Crippen molar-refractivity contribution in [2.45, 2.75) is 51.1 Å². The van der Waals surface area contributed by atoms with Crippen molar-refractivity contribution in [1.29, 1.82) is 5.26 Å². The normalized spacial score (nSPS) is 21.0. The van der Waals surface area contributed by atoms with Gasteiger partial charge in [-0.2, -0.15) is 5.26 Å². The van der Waals surface area contributed by atoms with E-state index in [-0.39, 0.29) is 6.17 Å². The Labute approximate surface area is 143 Å². The highest BCUT2D eigenvalue weighted by atomic mass is 16.7. The van der Waals surface area contributed by atoms with Crippen molar-refractivity contribution in [1.82, 2.24) is 5.48 Å². The number of aryl methyl sites for hydroxylation is 1. The Morgan fingerprint density at radius 2 is 2.17 bits per heavy atom. The Morgan fingerprint density at radius 1 is 1.33 bits per heavy atom. The average Bonchev–Trinajstić information content (AvgIpc) is 3.26. The highest BCUT2D eigenvalue weighted by molar-refractivity contribution is 5.89. The number of benzene rings is 1. The lowest BCUT2D eigenvalue weighted by atomic mass is 10.0. The maximum Gasteiger partial charge on any atom is 0.231 e. The van der Waals surface area contributed by atoms with Crippen LogP contribution in [0.15, 0.2) is 29.3 Å². The summed E-state index contributed by atoms with van der Waals surface area (Å²) in [7, 11) is 1.75. The molecular weight excluding hydrogens is 302 g/mol. The fourth-order valence-electron chi connectivity index (χ4n) is 2.99. The van der Waals surface area contributed by atoms with Crippen LogP contribution < -0.4 is 5.48 Å². The largest absolute Gasteiger partial charge is 0.389 e. The molecule has 1 atom stereocenters. The molecule has 2 aliphatic rings. The van der Waals surface area contributed by atoms with Crippen LogP contribution in [0.4, 0.5) is 0 Å². The predicted octanol–water partition coefficient (Wildman–Crippen LogP) is 3.67. The van der Waals surface area contributed by atoms with Gasteiger partial charge in [0.05, 0.1) is 6.07 Å². The number of methoxy groups -OCH3 is 1. The first-order valence-electron chi connectivity index (χ1n) is 8.77. The van der Waals surface area contributed by atoms with E-state index in [9.17, 15) is 5.26 Å². The van der Waals surface area contributed by atoms with Crippen LogP contribution >= 0.6 is 0 Å².